The minimum Gasteiger partial charge on any atom is -0.322 e. The third-order valence-electron chi connectivity index (χ3n) is 6.01. The van der Waals surface area contributed by atoms with E-state index in [0.717, 1.165) is 25.1 Å². The van der Waals surface area contributed by atoms with Crippen LogP contribution in [0.4, 0.5) is 11.5 Å². The largest absolute Gasteiger partial charge is 0.322 e. The lowest BCUT2D eigenvalue weighted by Crippen LogP contribution is -2.40. The minimum atomic E-state index is -0.341. The molecule has 4 rings (SSSR count). The van der Waals surface area contributed by atoms with Crippen molar-refractivity contribution in [1.29, 1.82) is 0 Å². The van der Waals surface area contributed by atoms with Gasteiger partial charge in [-0.25, -0.2) is 4.98 Å². The highest BCUT2D eigenvalue weighted by molar-refractivity contribution is 6.30. The van der Waals surface area contributed by atoms with Crippen LogP contribution in [0.5, 0.6) is 0 Å². The molecule has 1 fully saturated rings. The molecule has 0 atom stereocenters. The molecule has 2 aromatic rings. The first-order valence-electron chi connectivity index (χ1n) is 10.9. The number of hydrogen-bond acceptors (Lipinski definition) is 4. The molecule has 162 valence electrons. The fourth-order valence-corrected chi connectivity index (χ4v) is 4.41. The van der Waals surface area contributed by atoms with Gasteiger partial charge in [0, 0.05) is 30.9 Å². The van der Waals surface area contributed by atoms with Crippen LogP contribution in [-0.4, -0.2) is 40.8 Å². The third-order valence-corrected chi connectivity index (χ3v) is 6.24. The Balaban J connectivity index is 1.40. The van der Waals surface area contributed by atoms with Crippen molar-refractivity contribution in [2.45, 2.75) is 44.6 Å². The number of carbonyl (C=O) groups is 2. The summed E-state index contributed by atoms with van der Waals surface area (Å²) < 4.78 is 0. The molecular formula is C24H27ClN4O2. The SMILES string of the molecule is O=C(Nc1ccccc1C(=O)Nc1ccc(Cl)cn1)C1=CCN(C2CCCCC2)CC1. The van der Waals surface area contributed by atoms with E-state index in [1.807, 2.05) is 6.08 Å². The Morgan fingerprint density at radius 3 is 2.52 bits per heavy atom. The Morgan fingerprint density at radius 1 is 1.00 bits per heavy atom. The first-order valence-corrected chi connectivity index (χ1v) is 11.2. The predicted molar refractivity (Wildman–Crippen MR) is 123 cm³/mol. The van der Waals surface area contributed by atoms with Crippen molar-refractivity contribution >= 4 is 34.9 Å². The van der Waals surface area contributed by atoms with Crippen LogP contribution in [0, 0.1) is 0 Å². The number of benzene rings is 1. The van der Waals surface area contributed by atoms with E-state index in [9.17, 15) is 9.59 Å². The second kappa shape index (κ2) is 10.1. The van der Waals surface area contributed by atoms with Gasteiger partial charge in [-0.3, -0.25) is 14.5 Å². The van der Waals surface area contributed by atoms with Gasteiger partial charge in [0.05, 0.1) is 16.3 Å². The van der Waals surface area contributed by atoms with Crippen LogP contribution >= 0.6 is 11.6 Å². The molecule has 2 aliphatic rings. The lowest BCUT2D eigenvalue weighted by atomic mass is 9.93. The van der Waals surface area contributed by atoms with Gasteiger partial charge in [-0.15, -0.1) is 0 Å². The normalized spacial score (nSPS) is 17.6. The molecule has 0 spiro atoms. The standard InChI is InChI=1S/C24H27ClN4O2/c25-18-10-11-22(26-16-18)28-24(31)20-8-4-5-9-21(20)27-23(30)17-12-14-29(15-13-17)19-6-2-1-3-7-19/h4-5,8-12,16,19H,1-3,6-7,13-15H2,(H,27,30)(H,26,28,31). The number of hydrogen-bond donors (Lipinski definition) is 2. The van der Waals surface area contributed by atoms with Crippen LogP contribution in [-0.2, 0) is 4.79 Å². The van der Waals surface area contributed by atoms with Crippen molar-refractivity contribution in [3.63, 3.8) is 0 Å². The number of rotatable bonds is 5. The Morgan fingerprint density at radius 2 is 1.81 bits per heavy atom. The van der Waals surface area contributed by atoms with Gasteiger partial charge in [-0.2, -0.15) is 0 Å². The van der Waals surface area contributed by atoms with Gasteiger partial charge in [-0.05, 0) is 43.5 Å². The Hall–Kier alpha value is -2.70. The van der Waals surface area contributed by atoms with Crippen molar-refractivity contribution in [3.8, 4) is 0 Å². The average molecular weight is 439 g/mol. The van der Waals surface area contributed by atoms with Crippen LogP contribution in [0.25, 0.3) is 0 Å². The van der Waals surface area contributed by atoms with Crippen molar-refractivity contribution in [3.05, 3.63) is 64.8 Å². The monoisotopic (exact) mass is 438 g/mol. The van der Waals surface area contributed by atoms with Crippen LogP contribution in [0.3, 0.4) is 0 Å². The maximum absolute atomic E-state index is 12.9. The summed E-state index contributed by atoms with van der Waals surface area (Å²) in [5.74, 6) is -0.0895. The zero-order valence-corrected chi connectivity index (χ0v) is 18.2. The van der Waals surface area contributed by atoms with E-state index in [2.05, 4.69) is 20.5 Å². The maximum atomic E-state index is 12.9. The number of amides is 2. The number of para-hydroxylation sites is 1. The van der Waals surface area contributed by atoms with Crippen LogP contribution in [0.1, 0.15) is 48.9 Å². The zero-order chi connectivity index (χ0) is 21.6. The molecule has 1 aromatic carbocycles. The summed E-state index contributed by atoms with van der Waals surface area (Å²) in [6, 6.07) is 10.9. The molecule has 2 heterocycles. The number of nitrogens with zero attached hydrogens (tertiary/aromatic N) is 2. The number of anilines is 2. The van der Waals surface area contributed by atoms with Gasteiger partial charge in [0.2, 0.25) is 0 Å². The highest BCUT2D eigenvalue weighted by Gasteiger charge is 2.25. The predicted octanol–water partition coefficient (Wildman–Crippen LogP) is 4.89. The third kappa shape index (κ3) is 5.51. The summed E-state index contributed by atoms with van der Waals surface area (Å²) >= 11 is 5.84. The molecule has 1 aliphatic heterocycles. The molecular weight excluding hydrogens is 412 g/mol. The summed E-state index contributed by atoms with van der Waals surface area (Å²) in [7, 11) is 0. The van der Waals surface area contributed by atoms with Gasteiger partial charge in [-0.1, -0.05) is 49.1 Å². The Kier molecular flexibility index (Phi) is 6.99. The van der Waals surface area contributed by atoms with E-state index in [-0.39, 0.29) is 11.8 Å². The lowest BCUT2D eigenvalue weighted by molar-refractivity contribution is -0.113. The second-order valence-electron chi connectivity index (χ2n) is 8.08. The summed E-state index contributed by atoms with van der Waals surface area (Å²) in [5.41, 5.74) is 1.64. The zero-order valence-electron chi connectivity index (χ0n) is 17.4. The molecule has 1 saturated carbocycles. The second-order valence-corrected chi connectivity index (χ2v) is 8.52. The molecule has 0 saturated heterocycles. The van der Waals surface area contributed by atoms with E-state index >= 15 is 0 Å². The van der Waals surface area contributed by atoms with Gasteiger partial charge >= 0.3 is 0 Å². The van der Waals surface area contributed by atoms with Gasteiger partial charge in [0.15, 0.2) is 0 Å². The van der Waals surface area contributed by atoms with Crippen molar-refractivity contribution in [2.24, 2.45) is 0 Å². The van der Waals surface area contributed by atoms with Gasteiger partial charge in [0.1, 0.15) is 5.82 Å². The summed E-state index contributed by atoms with van der Waals surface area (Å²) in [6.45, 7) is 1.73. The molecule has 2 amide bonds. The van der Waals surface area contributed by atoms with E-state index in [0.29, 0.717) is 28.1 Å². The summed E-state index contributed by atoms with van der Waals surface area (Å²) in [5, 5.41) is 6.16. The number of aromatic nitrogens is 1. The molecule has 1 aliphatic carbocycles. The minimum absolute atomic E-state index is 0.145. The van der Waals surface area contributed by atoms with Crippen LogP contribution in [0.2, 0.25) is 5.02 Å². The van der Waals surface area contributed by atoms with Crippen LogP contribution in [0.15, 0.2) is 54.2 Å². The van der Waals surface area contributed by atoms with E-state index in [1.54, 1.807) is 36.4 Å². The molecule has 6 nitrogen and oxygen atoms in total. The summed E-state index contributed by atoms with van der Waals surface area (Å²) in [4.78, 5) is 32.2. The fraction of sp³-hybridized carbons (Fsp3) is 0.375. The highest BCUT2D eigenvalue weighted by Crippen LogP contribution is 2.26. The first-order chi connectivity index (χ1) is 15.1. The van der Waals surface area contributed by atoms with Gasteiger partial charge < -0.3 is 10.6 Å². The Labute approximate surface area is 187 Å². The fourth-order valence-electron chi connectivity index (χ4n) is 4.30. The molecule has 0 unspecified atom stereocenters. The van der Waals surface area contributed by atoms with Gasteiger partial charge in [0.25, 0.3) is 11.8 Å². The summed E-state index contributed by atoms with van der Waals surface area (Å²) in [6.07, 6.45) is 10.7. The highest BCUT2D eigenvalue weighted by atomic mass is 35.5. The van der Waals surface area contributed by atoms with Crippen molar-refractivity contribution in [2.75, 3.05) is 23.7 Å². The Bertz CT molecular complexity index is 968. The smallest absolute Gasteiger partial charge is 0.258 e. The number of halogens is 1. The van der Waals surface area contributed by atoms with E-state index in [4.69, 9.17) is 11.6 Å². The molecule has 2 N–H and O–H groups in total. The average Bonchev–Trinajstić information content (AvgIpc) is 2.81. The first kappa shape index (κ1) is 21.5. The molecule has 7 heteroatoms. The van der Waals surface area contributed by atoms with E-state index < -0.39 is 0 Å². The quantitative estimate of drug-likeness (QED) is 0.696. The number of nitrogens with one attached hydrogen (secondary N) is 2. The van der Waals surface area contributed by atoms with Crippen molar-refractivity contribution < 1.29 is 9.59 Å². The van der Waals surface area contributed by atoms with E-state index in [1.165, 1.54) is 38.3 Å². The number of carbonyl (C=O) groups excluding carboxylic acids is 2. The maximum Gasteiger partial charge on any atom is 0.258 e. The van der Waals surface area contributed by atoms with Crippen LogP contribution < -0.4 is 10.6 Å². The van der Waals surface area contributed by atoms with Crippen molar-refractivity contribution in [1.82, 2.24) is 9.88 Å². The topological polar surface area (TPSA) is 74.3 Å². The lowest BCUT2D eigenvalue weighted by Gasteiger charge is -2.36. The number of pyridine rings is 1. The molecule has 1 aromatic heterocycles. The molecule has 0 bridgehead atoms. The molecule has 0 radical (unpaired) electrons. The molecule has 31 heavy (non-hydrogen) atoms.